The molecule has 0 saturated heterocycles. The lowest BCUT2D eigenvalue weighted by Crippen LogP contribution is -2.00. The third-order valence-electron chi connectivity index (χ3n) is 21.6. The zero-order valence-electron chi connectivity index (χ0n) is 60.0. The smallest absolute Gasteiger partial charge is 0.152 e. The lowest BCUT2D eigenvalue weighted by molar-refractivity contribution is 0.481. The van der Waals surface area contributed by atoms with Crippen LogP contribution in [0.1, 0.15) is 11.1 Å². The summed E-state index contributed by atoms with van der Waals surface area (Å²) in [4.78, 5) is 20.5. The molecule has 0 N–H and O–H groups in total. The molecule has 0 atom stereocenters. The highest BCUT2D eigenvalue weighted by atomic mass is 16.5. The number of aryl methyl sites for hydroxylation is 2. The molecule has 10 heteroatoms. The number of aromatic nitrogens is 8. The van der Waals surface area contributed by atoms with Crippen molar-refractivity contribution in [1.82, 2.24) is 38.2 Å². The Kier molecular flexibility index (Phi) is 15.1. The SMILES string of the molecule is Cc1ccnc(-n2c3ccccc3c3ccc(Oc4cc(-c5cnc(-c6ccc(-n7c8ccc(-c9ccccc9)cc8c8cc(-c9ccccc9)ccc87)c(Oc7ccc8c9ccccc9n(-c9cc(C)ccn9)c8c7)c6)cn5)ccc4-n4c5ccc(-c6ccccc6)cc5c5cc(-c6ccccc6)ccc54)cc32)c1. The summed E-state index contributed by atoms with van der Waals surface area (Å²) >= 11 is 0. The first kappa shape index (κ1) is 63.7. The summed E-state index contributed by atoms with van der Waals surface area (Å²) in [6.45, 7) is 4.21. The Morgan fingerprint density at radius 2 is 0.536 bits per heavy atom. The van der Waals surface area contributed by atoms with Crippen LogP contribution in [0, 0.1) is 13.8 Å². The van der Waals surface area contributed by atoms with Gasteiger partial charge in [0.05, 0.1) is 79.3 Å². The average Bonchev–Trinajstić information content (AvgIpc) is 1.59. The van der Waals surface area contributed by atoms with Crippen LogP contribution >= 0.6 is 0 Å². The van der Waals surface area contributed by atoms with Crippen molar-refractivity contribution in [2.24, 2.45) is 0 Å². The molecule has 0 aliphatic rings. The minimum atomic E-state index is 0.630. The standard InChI is InChI=1S/C100H66N8O2/c1-63-47-49-101-99(51-63)107-87-29-17-15-27-77(87)79-39-37-75(59-95(79)107)109-97-57-73(35-45-93(97)105-89-41-31-69(65-19-7-3-8-20-65)53-81(89)82-54-70(32-42-90(82)105)66-21-9-4-10-22-66)85-61-104-86(62-103-85)74-36-46-94(98(58-74)110-76-38-40-80-78-28-16-18-30-88(78)108(96(80)60-76)100-52-64(2)48-50-102-100)106-91-43-33-71(67-23-11-5-12-24-67)55-83(91)84-56-72(34-44-92(84)106)68-25-13-6-14-26-68/h3-62H,1-2H3. The van der Waals surface area contributed by atoms with E-state index in [1.807, 2.05) is 36.9 Å². The van der Waals surface area contributed by atoms with E-state index in [0.717, 1.165) is 177 Å². The lowest BCUT2D eigenvalue weighted by Gasteiger charge is -2.17. The van der Waals surface area contributed by atoms with E-state index in [1.165, 1.54) is 0 Å². The van der Waals surface area contributed by atoms with Crippen LogP contribution in [0.2, 0.25) is 0 Å². The fourth-order valence-corrected chi connectivity index (χ4v) is 16.4. The molecule has 14 aromatic carbocycles. The number of para-hydroxylation sites is 2. The first-order valence-electron chi connectivity index (χ1n) is 37.1. The molecule has 0 fully saturated rings. The molecule has 0 saturated carbocycles. The van der Waals surface area contributed by atoms with Crippen molar-refractivity contribution in [2.75, 3.05) is 0 Å². The minimum absolute atomic E-state index is 0.630. The van der Waals surface area contributed by atoms with E-state index < -0.39 is 0 Å². The zero-order chi connectivity index (χ0) is 72.9. The number of nitrogens with zero attached hydrogens (tertiary/aromatic N) is 8. The van der Waals surface area contributed by atoms with Gasteiger partial charge < -0.3 is 18.6 Å². The van der Waals surface area contributed by atoms with E-state index in [1.54, 1.807) is 0 Å². The van der Waals surface area contributed by atoms with Crippen LogP contribution in [0.3, 0.4) is 0 Å². The molecule has 7 aromatic heterocycles. The van der Waals surface area contributed by atoms with Gasteiger partial charge in [0.15, 0.2) is 11.5 Å². The molecule has 10 nitrogen and oxygen atoms in total. The predicted molar refractivity (Wildman–Crippen MR) is 450 cm³/mol. The molecule has 0 aliphatic carbocycles. The van der Waals surface area contributed by atoms with Crippen LogP contribution in [0.5, 0.6) is 23.0 Å². The highest BCUT2D eigenvalue weighted by molar-refractivity contribution is 6.15. The van der Waals surface area contributed by atoms with Gasteiger partial charge in [-0.05, 0) is 203 Å². The Bertz CT molecular complexity index is 6600. The van der Waals surface area contributed by atoms with Gasteiger partial charge in [-0.3, -0.25) is 19.1 Å². The molecule has 110 heavy (non-hydrogen) atoms. The van der Waals surface area contributed by atoms with E-state index in [9.17, 15) is 0 Å². The fraction of sp³-hybridized carbons (Fsp3) is 0.0200. The summed E-state index contributed by atoms with van der Waals surface area (Å²) in [7, 11) is 0. The van der Waals surface area contributed by atoms with Crippen molar-refractivity contribution in [1.29, 1.82) is 0 Å². The topological polar surface area (TPSA) is 89.7 Å². The molecule has 0 bridgehead atoms. The first-order valence-corrected chi connectivity index (χ1v) is 37.1. The quantitative estimate of drug-likeness (QED) is 0.108. The monoisotopic (exact) mass is 1410 g/mol. The van der Waals surface area contributed by atoms with Gasteiger partial charge in [-0.15, -0.1) is 0 Å². The molecular weight excluding hydrogens is 1350 g/mol. The van der Waals surface area contributed by atoms with Crippen molar-refractivity contribution in [3.8, 4) is 113 Å². The average molecular weight is 1410 g/mol. The van der Waals surface area contributed by atoms with Crippen molar-refractivity contribution in [3.05, 3.63) is 376 Å². The summed E-state index contributed by atoms with van der Waals surface area (Å²) in [6.07, 6.45) is 7.49. The Hall–Kier alpha value is -14.7. The molecule has 0 amide bonds. The van der Waals surface area contributed by atoms with Crippen molar-refractivity contribution in [3.63, 3.8) is 0 Å². The number of benzene rings is 14. The third kappa shape index (κ3) is 10.9. The molecule has 0 spiro atoms. The molecular formula is C100H66N8O2. The van der Waals surface area contributed by atoms with Gasteiger partial charge in [-0.25, -0.2) is 9.97 Å². The van der Waals surface area contributed by atoms with E-state index in [2.05, 4.69) is 360 Å². The highest BCUT2D eigenvalue weighted by Gasteiger charge is 2.25. The normalized spacial score (nSPS) is 11.7. The van der Waals surface area contributed by atoms with Crippen LogP contribution in [-0.2, 0) is 0 Å². The summed E-state index contributed by atoms with van der Waals surface area (Å²) in [6, 6.07) is 121. The Morgan fingerprint density at radius 3 is 0.882 bits per heavy atom. The maximum absolute atomic E-state index is 7.45. The molecule has 21 rings (SSSR count). The van der Waals surface area contributed by atoms with Crippen LogP contribution in [0.15, 0.2) is 365 Å². The van der Waals surface area contributed by atoms with Crippen molar-refractivity contribution < 1.29 is 9.47 Å². The van der Waals surface area contributed by atoms with Gasteiger partial charge in [0.25, 0.3) is 0 Å². The highest BCUT2D eigenvalue weighted by Crippen LogP contribution is 2.46. The Labute approximate surface area is 633 Å². The summed E-state index contributed by atoms with van der Waals surface area (Å²) in [5, 5.41) is 8.95. The molecule has 518 valence electrons. The largest absolute Gasteiger partial charge is 0.455 e. The number of ether oxygens (including phenoxy) is 2. The summed E-state index contributed by atoms with van der Waals surface area (Å²) in [5.74, 6) is 4.25. The van der Waals surface area contributed by atoms with E-state index in [-0.39, 0.29) is 0 Å². The number of hydrogen-bond acceptors (Lipinski definition) is 6. The van der Waals surface area contributed by atoms with Gasteiger partial charge in [-0.1, -0.05) is 194 Å². The van der Waals surface area contributed by atoms with Gasteiger partial charge in [0.2, 0.25) is 0 Å². The van der Waals surface area contributed by atoms with Crippen LogP contribution in [-0.4, -0.2) is 38.2 Å². The molecule has 21 aromatic rings. The van der Waals surface area contributed by atoms with Gasteiger partial charge >= 0.3 is 0 Å². The minimum Gasteiger partial charge on any atom is -0.455 e. The van der Waals surface area contributed by atoms with E-state index >= 15 is 0 Å². The second-order valence-corrected chi connectivity index (χ2v) is 28.4. The fourth-order valence-electron chi connectivity index (χ4n) is 16.4. The number of pyridine rings is 2. The first-order chi connectivity index (χ1) is 54.3. The Morgan fingerprint density at radius 1 is 0.218 bits per heavy atom. The maximum Gasteiger partial charge on any atom is 0.152 e. The summed E-state index contributed by atoms with van der Waals surface area (Å²) in [5.41, 5.74) is 24.3. The number of fused-ring (bicyclic) bond motifs is 12. The van der Waals surface area contributed by atoms with Crippen molar-refractivity contribution >= 4 is 87.2 Å². The zero-order valence-corrected chi connectivity index (χ0v) is 60.0. The maximum atomic E-state index is 7.45. The van der Waals surface area contributed by atoms with Gasteiger partial charge in [-0.2, -0.15) is 0 Å². The van der Waals surface area contributed by atoms with E-state index in [0.29, 0.717) is 34.4 Å². The molecule has 0 unspecified atom stereocenters. The molecule has 7 heterocycles. The second-order valence-electron chi connectivity index (χ2n) is 28.4. The third-order valence-corrected chi connectivity index (χ3v) is 21.6. The lowest BCUT2D eigenvalue weighted by atomic mass is 10.0. The predicted octanol–water partition coefficient (Wildman–Crippen LogP) is 25.9. The van der Waals surface area contributed by atoms with Crippen molar-refractivity contribution in [2.45, 2.75) is 13.8 Å². The number of hydrogen-bond donors (Lipinski definition) is 0. The van der Waals surface area contributed by atoms with Gasteiger partial charge in [0.1, 0.15) is 23.1 Å². The van der Waals surface area contributed by atoms with Crippen LogP contribution < -0.4 is 9.47 Å². The second kappa shape index (κ2) is 26.1. The van der Waals surface area contributed by atoms with Gasteiger partial charge in [0, 0.05) is 78.7 Å². The summed E-state index contributed by atoms with van der Waals surface area (Å²) < 4.78 is 24.1. The molecule has 0 aliphatic heterocycles. The molecule has 0 radical (unpaired) electrons. The number of rotatable bonds is 14. The Balaban J connectivity index is 0.724. The van der Waals surface area contributed by atoms with Crippen LogP contribution in [0.4, 0.5) is 0 Å². The van der Waals surface area contributed by atoms with E-state index in [4.69, 9.17) is 29.4 Å². The van der Waals surface area contributed by atoms with Crippen LogP contribution in [0.25, 0.3) is 177 Å².